The number of hydrogen-bond acceptors (Lipinski definition) is 5. The van der Waals surface area contributed by atoms with Crippen molar-refractivity contribution in [2.75, 3.05) is 6.61 Å². The van der Waals surface area contributed by atoms with Crippen LogP contribution in [0, 0.1) is 5.82 Å². The second-order valence-electron chi connectivity index (χ2n) is 10.1. The lowest BCUT2D eigenvalue weighted by atomic mass is 10.0. The molecule has 0 spiro atoms. The van der Waals surface area contributed by atoms with Gasteiger partial charge in [0.05, 0.1) is 24.6 Å². The summed E-state index contributed by atoms with van der Waals surface area (Å²) >= 11 is 0. The highest BCUT2D eigenvalue weighted by molar-refractivity contribution is 5.91. The average molecular weight is 535 g/mol. The molecule has 0 bridgehead atoms. The fourth-order valence-corrected chi connectivity index (χ4v) is 4.43. The van der Waals surface area contributed by atoms with E-state index < -0.39 is 11.8 Å². The van der Waals surface area contributed by atoms with Crippen molar-refractivity contribution in [3.8, 4) is 22.9 Å². The minimum absolute atomic E-state index is 0.158. The first-order chi connectivity index (χ1) is 19.1. The lowest BCUT2D eigenvalue weighted by Crippen LogP contribution is -2.11. The molecule has 0 aliphatic rings. The van der Waals surface area contributed by atoms with Crippen LogP contribution in [0.15, 0.2) is 54.9 Å². The Labute approximate surface area is 233 Å². The number of esters is 1. The molecule has 1 heterocycles. The van der Waals surface area contributed by atoms with Gasteiger partial charge in [-0.2, -0.15) is 0 Å². The summed E-state index contributed by atoms with van der Waals surface area (Å²) in [6.45, 7) is 4.96. The largest absolute Gasteiger partial charge is 0.493 e. The van der Waals surface area contributed by atoms with Gasteiger partial charge in [0.15, 0.2) is 11.6 Å². The molecule has 3 rings (SSSR count). The van der Waals surface area contributed by atoms with Crippen molar-refractivity contribution >= 4 is 5.97 Å². The number of aromatic nitrogens is 2. The SMILES string of the molecule is CCCCCCCCCOc1ccc(C(=O)Oc2cnc(-c3ccc(CCCCCCC)cc3)nc2)c(F)c1. The van der Waals surface area contributed by atoms with E-state index in [0.29, 0.717) is 18.2 Å². The fraction of sp³-hybridized carbons (Fsp3) is 0.485. The van der Waals surface area contributed by atoms with Gasteiger partial charge in [-0.15, -0.1) is 0 Å². The summed E-state index contributed by atoms with van der Waals surface area (Å²) < 4.78 is 25.6. The van der Waals surface area contributed by atoms with E-state index in [2.05, 4.69) is 35.9 Å². The third kappa shape index (κ3) is 10.8. The first kappa shape index (κ1) is 30.3. The summed E-state index contributed by atoms with van der Waals surface area (Å²) in [4.78, 5) is 21.2. The minimum atomic E-state index is -0.800. The zero-order valence-corrected chi connectivity index (χ0v) is 23.6. The van der Waals surface area contributed by atoms with E-state index in [1.807, 2.05) is 12.1 Å². The normalized spacial score (nSPS) is 10.9. The van der Waals surface area contributed by atoms with Crippen molar-refractivity contribution < 1.29 is 18.7 Å². The summed E-state index contributed by atoms with van der Waals surface area (Å²) in [7, 11) is 0. The zero-order chi connectivity index (χ0) is 27.7. The molecular formula is C33H43FN2O3. The van der Waals surface area contributed by atoms with Crippen molar-refractivity contribution in [3.05, 3.63) is 71.8 Å². The molecule has 0 N–H and O–H groups in total. The van der Waals surface area contributed by atoms with Gasteiger partial charge in [-0.05, 0) is 37.0 Å². The Bertz CT molecular complexity index is 1120. The van der Waals surface area contributed by atoms with Crippen LogP contribution in [0.4, 0.5) is 4.39 Å². The van der Waals surface area contributed by atoms with Crippen molar-refractivity contribution in [1.29, 1.82) is 0 Å². The number of benzene rings is 2. The number of carbonyl (C=O) groups is 1. The number of ether oxygens (including phenoxy) is 2. The van der Waals surface area contributed by atoms with Crippen molar-refractivity contribution in [1.82, 2.24) is 9.97 Å². The van der Waals surface area contributed by atoms with Gasteiger partial charge >= 0.3 is 5.97 Å². The maximum atomic E-state index is 14.6. The third-order valence-electron chi connectivity index (χ3n) is 6.80. The van der Waals surface area contributed by atoms with Gasteiger partial charge in [0.1, 0.15) is 11.6 Å². The molecule has 0 saturated carbocycles. The number of halogens is 1. The Balaban J connectivity index is 1.44. The van der Waals surface area contributed by atoms with Crippen molar-refractivity contribution in [3.63, 3.8) is 0 Å². The first-order valence-electron chi connectivity index (χ1n) is 14.7. The summed E-state index contributed by atoms with van der Waals surface area (Å²) in [5.41, 5.74) is 2.03. The van der Waals surface area contributed by atoms with E-state index in [4.69, 9.17) is 9.47 Å². The molecule has 0 atom stereocenters. The van der Waals surface area contributed by atoms with Crippen LogP contribution in [0.2, 0.25) is 0 Å². The Morgan fingerprint density at radius 3 is 2.00 bits per heavy atom. The predicted molar refractivity (Wildman–Crippen MR) is 155 cm³/mol. The number of carbonyl (C=O) groups excluding carboxylic acids is 1. The number of rotatable bonds is 18. The number of aryl methyl sites for hydroxylation is 1. The molecule has 3 aromatic rings. The predicted octanol–water partition coefficient (Wildman–Crippen LogP) is 9.14. The van der Waals surface area contributed by atoms with Crippen LogP contribution in [0.1, 0.15) is 107 Å². The highest BCUT2D eigenvalue weighted by atomic mass is 19.1. The average Bonchev–Trinajstić information content (AvgIpc) is 2.95. The van der Waals surface area contributed by atoms with E-state index in [1.165, 1.54) is 94.3 Å². The Hall–Kier alpha value is -3.28. The first-order valence-corrected chi connectivity index (χ1v) is 14.7. The third-order valence-corrected chi connectivity index (χ3v) is 6.80. The molecule has 0 amide bonds. The van der Waals surface area contributed by atoms with Crippen molar-refractivity contribution in [2.24, 2.45) is 0 Å². The van der Waals surface area contributed by atoms with Crippen LogP contribution < -0.4 is 9.47 Å². The Morgan fingerprint density at radius 1 is 0.744 bits per heavy atom. The molecule has 1 aromatic heterocycles. The minimum Gasteiger partial charge on any atom is -0.493 e. The van der Waals surface area contributed by atoms with E-state index in [-0.39, 0.29) is 11.3 Å². The Morgan fingerprint density at radius 2 is 1.36 bits per heavy atom. The summed E-state index contributed by atoms with van der Waals surface area (Å²) in [6.07, 6.45) is 18.5. The second-order valence-corrected chi connectivity index (χ2v) is 10.1. The molecule has 0 unspecified atom stereocenters. The lowest BCUT2D eigenvalue weighted by molar-refractivity contribution is 0.0728. The molecule has 0 aliphatic carbocycles. The molecule has 0 radical (unpaired) electrons. The number of hydrogen-bond donors (Lipinski definition) is 0. The lowest BCUT2D eigenvalue weighted by Gasteiger charge is -2.09. The van der Waals surface area contributed by atoms with Crippen LogP contribution in [0.5, 0.6) is 11.5 Å². The van der Waals surface area contributed by atoms with Crippen LogP contribution in [-0.2, 0) is 6.42 Å². The van der Waals surface area contributed by atoms with Gasteiger partial charge in [-0.3, -0.25) is 0 Å². The van der Waals surface area contributed by atoms with Crippen LogP contribution in [0.3, 0.4) is 0 Å². The Kier molecular flexibility index (Phi) is 13.5. The molecular weight excluding hydrogens is 491 g/mol. The van der Waals surface area contributed by atoms with Crippen molar-refractivity contribution in [2.45, 2.75) is 97.3 Å². The van der Waals surface area contributed by atoms with E-state index in [0.717, 1.165) is 24.8 Å². The molecule has 5 nitrogen and oxygen atoms in total. The van der Waals surface area contributed by atoms with Crippen LogP contribution >= 0.6 is 0 Å². The van der Waals surface area contributed by atoms with Crippen LogP contribution in [-0.4, -0.2) is 22.5 Å². The second kappa shape index (κ2) is 17.3. The number of nitrogens with zero attached hydrogens (tertiary/aromatic N) is 2. The zero-order valence-electron chi connectivity index (χ0n) is 23.6. The maximum absolute atomic E-state index is 14.6. The highest BCUT2D eigenvalue weighted by Crippen LogP contribution is 2.21. The summed E-state index contributed by atoms with van der Waals surface area (Å²) in [5, 5.41) is 0. The number of unbranched alkanes of at least 4 members (excludes halogenated alkanes) is 10. The monoisotopic (exact) mass is 534 g/mol. The molecule has 2 aromatic carbocycles. The summed E-state index contributed by atoms with van der Waals surface area (Å²) in [6, 6.07) is 12.4. The van der Waals surface area contributed by atoms with Gasteiger partial charge in [0, 0.05) is 11.6 Å². The van der Waals surface area contributed by atoms with E-state index in [1.54, 1.807) is 6.07 Å². The molecule has 0 saturated heterocycles. The highest BCUT2D eigenvalue weighted by Gasteiger charge is 2.16. The van der Waals surface area contributed by atoms with E-state index >= 15 is 0 Å². The quantitative estimate of drug-likeness (QED) is 0.120. The van der Waals surface area contributed by atoms with Gasteiger partial charge in [-0.25, -0.2) is 19.2 Å². The smallest absolute Gasteiger partial charge is 0.346 e. The molecule has 210 valence electrons. The maximum Gasteiger partial charge on any atom is 0.346 e. The fourth-order valence-electron chi connectivity index (χ4n) is 4.43. The summed E-state index contributed by atoms with van der Waals surface area (Å²) in [5.74, 6) is -0.375. The topological polar surface area (TPSA) is 61.3 Å². The van der Waals surface area contributed by atoms with E-state index in [9.17, 15) is 9.18 Å². The van der Waals surface area contributed by atoms with Gasteiger partial charge in [-0.1, -0.05) is 102 Å². The molecule has 0 aliphatic heterocycles. The van der Waals surface area contributed by atoms with Crippen LogP contribution in [0.25, 0.3) is 11.4 Å². The molecule has 39 heavy (non-hydrogen) atoms. The standard InChI is InChI=1S/C33H43FN2O3/c1-3-5-7-9-10-12-14-22-38-28-20-21-30(31(34)23-28)33(37)39-29-24-35-32(36-25-29)27-18-16-26(17-19-27)15-13-11-8-6-4-2/h16-21,23-25H,3-15,22H2,1-2H3. The molecule has 0 fully saturated rings. The van der Waals surface area contributed by atoms with Gasteiger partial charge in [0.2, 0.25) is 0 Å². The van der Waals surface area contributed by atoms with Gasteiger partial charge in [0.25, 0.3) is 0 Å². The molecule has 6 heteroatoms. The van der Waals surface area contributed by atoms with Gasteiger partial charge < -0.3 is 9.47 Å².